The number of nitrogens with zero attached hydrogens (tertiary/aromatic N) is 2. The zero-order valence-electron chi connectivity index (χ0n) is 10.1. The van der Waals surface area contributed by atoms with Crippen molar-refractivity contribution in [1.82, 2.24) is 15.1 Å². The Morgan fingerprint density at radius 3 is 2.31 bits per heavy atom. The first kappa shape index (κ1) is 11.4. The van der Waals surface area contributed by atoms with E-state index < -0.39 is 0 Å². The first-order valence-electron chi connectivity index (χ1n) is 5.84. The van der Waals surface area contributed by atoms with E-state index >= 15 is 0 Å². The zero-order chi connectivity index (χ0) is 11.9. The molecule has 2 heterocycles. The topological polar surface area (TPSA) is 52.6 Å². The summed E-state index contributed by atoms with van der Waals surface area (Å²) in [5, 5.41) is 2.55. The van der Waals surface area contributed by atoms with Gasteiger partial charge in [-0.25, -0.2) is 4.79 Å². The van der Waals surface area contributed by atoms with Gasteiger partial charge in [0.15, 0.2) is 0 Å². The molecular weight excluding hydrogens is 206 g/mol. The first-order chi connectivity index (χ1) is 7.50. The Hall–Kier alpha value is -1.10. The van der Waals surface area contributed by atoms with E-state index in [4.69, 9.17) is 0 Å². The van der Waals surface area contributed by atoms with Crippen molar-refractivity contribution in [3.8, 4) is 0 Å². The molecule has 1 atom stereocenters. The van der Waals surface area contributed by atoms with E-state index in [1.54, 1.807) is 0 Å². The number of hydrogen-bond acceptors (Lipinski definition) is 3. The summed E-state index contributed by atoms with van der Waals surface area (Å²) in [4.78, 5) is 26.6. The van der Waals surface area contributed by atoms with E-state index in [1.165, 1.54) is 4.90 Å². The van der Waals surface area contributed by atoms with Gasteiger partial charge in [-0.2, -0.15) is 0 Å². The van der Waals surface area contributed by atoms with Crippen molar-refractivity contribution in [2.45, 2.75) is 32.9 Å². The molecule has 90 valence electrons. The number of urea groups is 1. The molecule has 0 saturated carbocycles. The Bertz CT molecular complexity index is 294. The van der Waals surface area contributed by atoms with E-state index in [9.17, 15) is 9.59 Å². The highest BCUT2D eigenvalue weighted by Crippen LogP contribution is 2.22. The average Bonchev–Trinajstić information content (AvgIpc) is 2.46. The van der Waals surface area contributed by atoms with E-state index in [-0.39, 0.29) is 24.5 Å². The molecule has 2 aliphatic heterocycles. The van der Waals surface area contributed by atoms with Crippen LogP contribution in [-0.2, 0) is 4.79 Å². The fourth-order valence-electron chi connectivity index (χ4n) is 2.21. The Morgan fingerprint density at radius 2 is 1.88 bits per heavy atom. The molecule has 0 aromatic rings. The average molecular weight is 225 g/mol. The third-order valence-corrected chi connectivity index (χ3v) is 3.67. The number of carbonyl (C=O) groups excluding carboxylic acids is 2. The van der Waals surface area contributed by atoms with Crippen LogP contribution < -0.4 is 5.32 Å². The van der Waals surface area contributed by atoms with Gasteiger partial charge in [0.2, 0.25) is 5.91 Å². The molecule has 2 saturated heterocycles. The van der Waals surface area contributed by atoms with Gasteiger partial charge in [-0.1, -0.05) is 13.8 Å². The Balaban J connectivity index is 1.88. The maximum Gasteiger partial charge on any atom is 0.324 e. The smallest absolute Gasteiger partial charge is 0.324 e. The minimum Gasteiger partial charge on any atom is -0.329 e. The summed E-state index contributed by atoms with van der Waals surface area (Å²) in [5.74, 6) is 0.510. The summed E-state index contributed by atoms with van der Waals surface area (Å²) >= 11 is 0. The number of amides is 3. The van der Waals surface area contributed by atoms with Gasteiger partial charge in [-0.3, -0.25) is 14.6 Å². The number of imide groups is 1. The molecule has 1 unspecified atom stereocenters. The molecule has 0 bridgehead atoms. The Kier molecular flexibility index (Phi) is 2.88. The summed E-state index contributed by atoms with van der Waals surface area (Å²) in [6, 6.07) is 0.361. The van der Waals surface area contributed by atoms with Gasteiger partial charge >= 0.3 is 6.03 Å². The van der Waals surface area contributed by atoms with E-state index in [1.807, 2.05) is 0 Å². The molecule has 0 aromatic carbocycles. The minimum absolute atomic E-state index is 0.0798. The van der Waals surface area contributed by atoms with Gasteiger partial charge in [0.25, 0.3) is 0 Å². The van der Waals surface area contributed by atoms with Crippen LogP contribution in [0.25, 0.3) is 0 Å². The SMILES string of the molecule is CC(C)C(C)N1CC(N2C(=O)CNC2=O)C1. The fourth-order valence-corrected chi connectivity index (χ4v) is 2.21. The molecule has 0 aliphatic carbocycles. The molecule has 0 aromatic heterocycles. The third-order valence-electron chi connectivity index (χ3n) is 3.67. The van der Waals surface area contributed by atoms with Crippen LogP contribution in [0.15, 0.2) is 0 Å². The molecule has 2 rings (SSSR count). The quantitative estimate of drug-likeness (QED) is 0.701. The molecule has 1 N–H and O–H groups in total. The van der Waals surface area contributed by atoms with E-state index in [0.717, 1.165) is 13.1 Å². The first-order valence-corrected chi connectivity index (χ1v) is 5.84. The normalized spacial score (nSPS) is 24.9. The number of rotatable bonds is 3. The highest BCUT2D eigenvalue weighted by atomic mass is 16.2. The van der Waals surface area contributed by atoms with Gasteiger partial charge < -0.3 is 5.32 Å². The lowest BCUT2D eigenvalue weighted by atomic mass is 9.98. The summed E-state index contributed by atoms with van der Waals surface area (Å²) in [7, 11) is 0. The number of carbonyl (C=O) groups is 2. The predicted molar refractivity (Wildman–Crippen MR) is 59.9 cm³/mol. The maximum absolute atomic E-state index is 11.5. The van der Waals surface area contributed by atoms with Crippen LogP contribution >= 0.6 is 0 Å². The van der Waals surface area contributed by atoms with E-state index in [0.29, 0.717) is 12.0 Å². The summed E-state index contributed by atoms with van der Waals surface area (Å²) in [6.45, 7) is 8.36. The van der Waals surface area contributed by atoms with Gasteiger partial charge in [-0.05, 0) is 12.8 Å². The molecule has 2 fully saturated rings. The molecule has 3 amide bonds. The van der Waals surface area contributed by atoms with Crippen LogP contribution in [0.1, 0.15) is 20.8 Å². The van der Waals surface area contributed by atoms with Gasteiger partial charge in [0.05, 0.1) is 12.6 Å². The number of nitrogens with one attached hydrogen (secondary N) is 1. The number of hydrogen-bond donors (Lipinski definition) is 1. The Labute approximate surface area is 95.8 Å². The van der Waals surface area contributed by atoms with E-state index in [2.05, 4.69) is 31.0 Å². The third kappa shape index (κ3) is 1.80. The van der Waals surface area contributed by atoms with Crippen molar-refractivity contribution in [2.75, 3.05) is 19.6 Å². The standard InChI is InChI=1S/C11H19N3O2/c1-7(2)8(3)13-5-9(6-13)14-10(15)4-12-11(14)16/h7-9H,4-6H2,1-3H3,(H,12,16). The molecule has 0 spiro atoms. The second kappa shape index (κ2) is 4.05. The molecule has 0 radical (unpaired) electrons. The molecule has 16 heavy (non-hydrogen) atoms. The van der Waals surface area contributed by atoms with Crippen molar-refractivity contribution in [3.05, 3.63) is 0 Å². The van der Waals surface area contributed by atoms with Crippen molar-refractivity contribution < 1.29 is 9.59 Å². The second-order valence-electron chi connectivity index (χ2n) is 5.01. The van der Waals surface area contributed by atoms with Crippen molar-refractivity contribution in [2.24, 2.45) is 5.92 Å². The molecular formula is C11H19N3O2. The maximum atomic E-state index is 11.5. The second-order valence-corrected chi connectivity index (χ2v) is 5.01. The van der Waals surface area contributed by atoms with Gasteiger partial charge in [0.1, 0.15) is 0 Å². The van der Waals surface area contributed by atoms with Crippen LogP contribution in [0.3, 0.4) is 0 Å². The van der Waals surface area contributed by atoms with Gasteiger partial charge in [-0.15, -0.1) is 0 Å². The lowest BCUT2D eigenvalue weighted by Crippen LogP contribution is -2.63. The monoisotopic (exact) mass is 225 g/mol. The fraction of sp³-hybridized carbons (Fsp3) is 0.818. The number of likely N-dealkylation sites (tertiary alicyclic amines) is 1. The summed E-state index contributed by atoms with van der Waals surface area (Å²) in [5.41, 5.74) is 0. The van der Waals surface area contributed by atoms with Crippen LogP contribution in [0, 0.1) is 5.92 Å². The minimum atomic E-state index is -0.230. The van der Waals surface area contributed by atoms with Crippen molar-refractivity contribution in [3.63, 3.8) is 0 Å². The Morgan fingerprint density at radius 1 is 1.25 bits per heavy atom. The summed E-state index contributed by atoms with van der Waals surface area (Å²) < 4.78 is 0. The van der Waals surface area contributed by atoms with Crippen LogP contribution in [0.2, 0.25) is 0 Å². The molecule has 2 aliphatic rings. The molecule has 5 nitrogen and oxygen atoms in total. The largest absolute Gasteiger partial charge is 0.329 e. The highest BCUT2D eigenvalue weighted by Gasteiger charge is 2.42. The van der Waals surface area contributed by atoms with Crippen molar-refractivity contribution >= 4 is 11.9 Å². The summed E-state index contributed by atoms with van der Waals surface area (Å²) in [6.07, 6.45) is 0. The predicted octanol–water partition coefficient (Wildman–Crippen LogP) is 0.267. The van der Waals surface area contributed by atoms with Crippen molar-refractivity contribution in [1.29, 1.82) is 0 Å². The lowest BCUT2D eigenvalue weighted by molar-refractivity contribution is -0.129. The van der Waals surface area contributed by atoms with Gasteiger partial charge in [0, 0.05) is 19.1 Å². The zero-order valence-corrected chi connectivity index (χ0v) is 10.1. The lowest BCUT2D eigenvalue weighted by Gasteiger charge is -2.46. The molecule has 5 heteroatoms. The highest BCUT2D eigenvalue weighted by molar-refractivity contribution is 6.02. The van der Waals surface area contributed by atoms with Crippen LogP contribution in [0.4, 0.5) is 4.79 Å². The van der Waals surface area contributed by atoms with Crippen LogP contribution in [-0.4, -0.2) is 53.5 Å². The van der Waals surface area contributed by atoms with Crippen LogP contribution in [0.5, 0.6) is 0 Å².